The Labute approximate surface area is 142 Å². The van der Waals surface area contributed by atoms with Gasteiger partial charge in [-0.1, -0.05) is 25.8 Å². The highest BCUT2D eigenvalue weighted by molar-refractivity contribution is 7.90. The highest BCUT2D eigenvalue weighted by Gasteiger charge is 2.37. The maximum Gasteiger partial charge on any atom is 0.305 e. The van der Waals surface area contributed by atoms with Crippen molar-refractivity contribution in [1.82, 2.24) is 5.32 Å². The van der Waals surface area contributed by atoms with E-state index in [1.807, 2.05) is 6.92 Å². The van der Waals surface area contributed by atoms with E-state index in [1.54, 1.807) is 12.1 Å². The number of nitrogens with one attached hydrogen (secondary N) is 1. The van der Waals surface area contributed by atoms with Crippen LogP contribution in [-0.2, 0) is 21.1 Å². The van der Waals surface area contributed by atoms with Crippen LogP contribution < -0.4 is 5.32 Å². The summed E-state index contributed by atoms with van der Waals surface area (Å²) in [6.07, 6.45) is 4.53. The molecule has 2 N–H and O–H groups in total. The lowest BCUT2D eigenvalue weighted by molar-refractivity contribution is -0.138. The molecule has 132 valence electrons. The first-order valence-electron chi connectivity index (χ1n) is 8.04. The van der Waals surface area contributed by atoms with Crippen molar-refractivity contribution in [2.24, 2.45) is 0 Å². The van der Waals surface area contributed by atoms with Gasteiger partial charge < -0.3 is 10.4 Å². The summed E-state index contributed by atoms with van der Waals surface area (Å²) >= 11 is 0. The Morgan fingerprint density at radius 2 is 1.88 bits per heavy atom. The van der Waals surface area contributed by atoms with E-state index in [9.17, 15) is 18.0 Å². The van der Waals surface area contributed by atoms with Gasteiger partial charge in [0.05, 0.1) is 16.9 Å². The maximum absolute atomic E-state index is 12.6. The third-order valence-corrected chi connectivity index (χ3v) is 5.72. The lowest BCUT2D eigenvalue weighted by Gasteiger charge is -2.28. The van der Waals surface area contributed by atoms with Crippen LogP contribution in [0.1, 0.15) is 54.9 Å². The van der Waals surface area contributed by atoms with Gasteiger partial charge >= 0.3 is 5.97 Å². The van der Waals surface area contributed by atoms with Gasteiger partial charge in [0.2, 0.25) is 0 Å². The number of carbonyl (C=O) groups is 2. The number of hydrogen-bond donors (Lipinski definition) is 2. The fourth-order valence-corrected chi connectivity index (χ4v) is 4.36. The zero-order valence-electron chi connectivity index (χ0n) is 14.0. The first-order valence-corrected chi connectivity index (χ1v) is 9.93. The second kappa shape index (κ2) is 6.93. The fourth-order valence-electron chi connectivity index (χ4n) is 3.33. The Balaban J connectivity index is 2.31. The fraction of sp³-hybridized carbons (Fsp3) is 0.529. The van der Waals surface area contributed by atoms with Crippen molar-refractivity contribution < 1.29 is 23.1 Å². The molecule has 1 aromatic carbocycles. The molecule has 0 heterocycles. The molecule has 24 heavy (non-hydrogen) atoms. The summed E-state index contributed by atoms with van der Waals surface area (Å²) in [4.78, 5) is 23.8. The number of aliphatic carboxylic acids is 1. The molecule has 1 fully saturated rings. The van der Waals surface area contributed by atoms with Crippen LogP contribution >= 0.6 is 0 Å². The minimum atomic E-state index is -3.44. The van der Waals surface area contributed by atoms with Crippen molar-refractivity contribution in [1.29, 1.82) is 0 Å². The van der Waals surface area contributed by atoms with E-state index in [0.29, 0.717) is 24.8 Å². The van der Waals surface area contributed by atoms with Crippen molar-refractivity contribution in [2.45, 2.75) is 55.9 Å². The molecule has 1 saturated carbocycles. The minimum Gasteiger partial charge on any atom is -0.481 e. The molecule has 0 radical (unpaired) electrons. The van der Waals surface area contributed by atoms with Crippen molar-refractivity contribution in [3.05, 3.63) is 29.3 Å². The van der Waals surface area contributed by atoms with Crippen LogP contribution in [0.2, 0.25) is 0 Å². The molecule has 0 aromatic heterocycles. The Bertz CT molecular complexity index is 748. The van der Waals surface area contributed by atoms with Crippen LogP contribution in [-0.4, -0.2) is 37.2 Å². The summed E-state index contributed by atoms with van der Waals surface area (Å²) in [6.45, 7) is 1.85. The van der Waals surface area contributed by atoms with E-state index < -0.39 is 27.3 Å². The number of aryl methyl sites for hydroxylation is 1. The molecule has 0 unspecified atom stereocenters. The topological polar surface area (TPSA) is 101 Å². The molecular formula is C17H23NO5S. The SMILES string of the molecule is CCc1ccc(C(=O)NC2(CC(=O)O)CCCC2)cc1S(C)(=O)=O. The van der Waals surface area contributed by atoms with Gasteiger partial charge in [0.25, 0.3) is 5.91 Å². The largest absolute Gasteiger partial charge is 0.481 e. The molecule has 0 aliphatic heterocycles. The zero-order valence-corrected chi connectivity index (χ0v) is 14.8. The van der Waals surface area contributed by atoms with E-state index in [2.05, 4.69) is 5.32 Å². The summed E-state index contributed by atoms with van der Waals surface area (Å²) in [7, 11) is -3.44. The molecule has 1 amide bonds. The average Bonchev–Trinajstić information content (AvgIpc) is 2.92. The number of benzene rings is 1. The highest BCUT2D eigenvalue weighted by Crippen LogP contribution is 2.33. The van der Waals surface area contributed by atoms with Crippen LogP contribution in [0, 0.1) is 0 Å². The number of carbonyl (C=O) groups excluding carboxylic acids is 1. The normalized spacial score (nSPS) is 16.8. The third kappa shape index (κ3) is 4.14. The first-order chi connectivity index (χ1) is 11.2. The standard InChI is InChI=1S/C17H23NO5S/c1-3-12-6-7-13(10-14(12)24(2,22)23)16(21)18-17(11-15(19)20)8-4-5-9-17/h6-7,10H,3-5,8-9,11H2,1-2H3,(H,18,21)(H,19,20). The second-order valence-corrected chi connectivity index (χ2v) is 8.44. The van der Waals surface area contributed by atoms with Crippen molar-refractivity contribution in [3.8, 4) is 0 Å². The number of carboxylic acid groups (broad SMARTS) is 1. The number of amides is 1. The summed E-state index contributed by atoms with van der Waals surface area (Å²) in [5.41, 5.74) is 0.164. The van der Waals surface area contributed by atoms with Gasteiger partial charge in [-0.3, -0.25) is 9.59 Å². The maximum atomic E-state index is 12.6. The molecule has 1 aliphatic rings. The molecular weight excluding hydrogens is 330 g/mol. The van der Waals surface area contributed by atoms with E-state index in [4.69, 9.17) is 5.11 Å². The van der Waals surface area contributed by atoms with Gasteiger partial charge in [0, 0.05) is 11.8 Å². The van der Waals surface area contributed by atoms with Crippen molar-refractivity contribution >= 4 is 21.7 Å². The predicted molar refractivity (Wildman–Crippen MR) is 89.8 cm³/mol. The molecule has 2 rings (SSSR count). The Morgan fingerprint density at radius 3 is 2.38 bits per heavy atom. The number of sulfone groups is 1. The molecule has 0 spiro atoms. The molecule has 7 heteroatoms. The first kappa shape index (κ1) is 18.4. The van der Waals surface area contributed by atoms with Crippen LogP contribution in [0.3, 0.4) is 0 Å². The van der Waals surface area contributed by atoms with Crippen LogP contribution in [0.4, 0.5) is 0 Å². The summed E-state index contributed by atoms with van der Waals surface area (Å²) < 4.78 is 23.9. The van der Waals surface area contributed by atoms with Crippen LogP contribution in [0.15, 0.2) is 23.1 Å². The summed E-state index contributed by atoms with van der Waals surface area (Å²) in [5, 5.41) is 12.0. The van der Waals surface area contributed by atoms with Crippen molar-refractivity contribution in [3.63, 3.8) is 0 Å². The lowest BCUT2D eigenvalue weighted by Crippen LogP contribution is -2.47. The van der Waals surface area contributed by atoms with Crippen LogP contribution in [0.25, 0.3) is 0 Å². The lowest BCUT2D eigenvalue weighted by atomic mass is 9.92. The van der Waals surface area contributed by atoms with E-state index in [0.717, 1.165) is 19.1 Å². The molecule has 6 nitrogen and oxygen atoms in total. The van der Waals surface area contributed by atoms with Gasteiger partial charge in [-0.2, -0.15) is 0 Å². The molecule has 0 bridgehead atoms. The van der Waals surface area contributed by atoms with Gasteiger partial charge in [-0.05, 0) is 37.0 Å². The Hall–Kier alpha value is -1.89. The van der Waals surface area contributed by atoms with E-state index >= 15 is 0 Å². The van der Waals surface area contributed by atoms with Gasteiger partial charge in [0.15, 0.2) is 9.84 Å². The highest BCUT2D eigenvalue weighted by atomic mass is 32.2. The zero-order chi connectivity index (χ0) is 18.0. The van der Waals surface area contributed by atoms with Gasteiger partial charge in [-0.25, -0.2) is 8.42 Å². The summed E-state index contributed by atoms with van der Waals surface area (Å²) in [5.74, 6) is -1.37. The molecule has 1 aliphatic carbocycles. The second-order valence-electron chi connectivity index (χ2n) is 6.46. The van der Waals surface area contributed by atoms with Crippen molar-refractivity contribution in [2.75, 3.05) is 6.26 Å². The average molecular weight is 353 g/mol. The predicted octanol–water partition coefficient (Wildman–Crippen LogP) is 2.17. The minimum absolute atomic E-state index is 0.120. The molecule has 0 saturated heterocycles. The molecule has 0 atom stereocenters. The number of hydrogen-bond acceptors (Lipinski definition) is 4. The van der Waals surface area contributed by atoms with E-state index in [1.165, 1.54) is 6.07 Å². The smallest absolute Gasteiger partial charge is 0.305 e. The summed E-state index contributed by atoms with van der Waals surface area (Å²) in [6, 6.07) is 4.61. The Kier molecular flexibility index (Phi) is 5.32. The van der Waals surface area contributed by atoms with Gasteiger partial charge in [0.1, 0.15) is 0 Å². The van der Waals surface area contributed by atoms with Gasteiger partial charge in [-0.15, -0.1) is 0 Å². The molecule has 1 aromatic rings. The number of rotatable bonds is 6. The third-order valence-electron chi connectivity index (χ3n) is 4.54. The quantitative estimate of drug-likeness (QED) is 0.816. The monoisotopic (exact) mass is 353 g/mol. The van der Waals surface area contributed by atoms with Crippen LogP contribution in [0.5, 0.6) is 0 Å². The Morgan fingerprint density at radius 1 is 1.25 bits per heavy atom. The van der Waals surface area contributed by atoms with E-state index in [-0.39, 0.29) is 16.9 Å². The number of carboxylic acids is 1.